The van der Waals surface area contributed by atoms with Crippen molar-refractivity contribution >= 4 is 0 Å². The molecule has 1 fully saturated rings. The van der Waals surface area contributed by atoms with Crippen molar-refractivity contribution in [2.75, 3.05) is 6.54 Å². The van der Waals surface area contributed by atoms with Gasteiger partial charge in [-0.1, -0.05) is 30.7 Å². The number of hydrogen-bond donors (Lipinski definition) is 0. The van der Waals surface area contributed by atoms with Gasteiger partial charge in [0.25, 0.3) is 0 Å². The average Bonchev–Trinajstić information content (AvgIpc) is 2.25. The van der Waals surface area contributed by atoms with Crippen LogP contribution in [0, 0.1) is 0 Å². The summed E-state index contributed by atoms with van der Waals surface area (Å²) >= 11 is 0. The van der Waals surface area contributed by atoms with Gasteiger partial charge in [0.1, 0.15) is 0 Å². The van der Waals surface area contributed by atoms with Crippen LogP contribution in [0.5, 0.6) is 0 Å². The van der Waals surface area contributed by atoms with E-state index in [1.54, 1.807) is 11.1 Å². The van der Waals surface area contributed by atoms with Gasteiger partial charge in [0.15, 0.2) is 0 Å². The summed E-state index contributed by atoms with van der Waals surface area (Å²) in [5.41, 5.74) is 3.74. The van der Waals surface area contributed by atoms with Crippen LogP contribution in [-0.2, 0) is 12.0 Å². The van der Waals surface area contributed by atoms with Crippen molar-refractivity contribution in [3.63, 3.8) is 0 Å². The summed E-state index contributed by atoms with van der Waals surface area (Å²) in [5, 5.41) is 0. The molecule has 0 radical (unpaired) electrons. The van der Waals surface area contributed by atoms with Crippen molar-refractivity contribution in [2.45, 2.75) is 51.1 Å². The SMILES string of the molecule is CC(C)N1Cc2ccccc2C2(CCC2)C1. The molecular weight excluding hydrogens is 194 g/mol. The molecule has 1 aromatic rings. The van der Waals surface area contributed by atoms with Gasteiger partial charge in [0.05, 0.1) is 0 Å². The first-order valence-corrected chi connectivity index (χ1v) is 6.54. The largest absolute Gasteiger partial charge is 0.296 e. The molecule has 1 aliphatic heterocycles. The van der Waals surface area contributed by atoms with E-state index in [1.165, 1.54) is 25.8 Å². The smallest absolute Gasteiger partial charge is 0.0239 e. The van der Waals surface area contributed by atoms with E-state index in [4.69, 9.17) is 0 Å². The van der Waals surface area contributed by atoms with E-state index in [0.717, 1.165) is 6.54 Å². The third-order valence-corrected chi connectivity index (χ3v) is 4.51. The zero-order valence-corrected chi connectivity index (χ0v) is 10.4. The molecule has 1 saturated carbocycles. The van der Waals surface area contributed by atoms with E-state index in [2.05, 4.69) is 43.0 Å². The van der Waals surface area contributed by atoms with E-state index in [0.29, 0.717) is 11.5 Å². The lowest BCUT2D eigenvalue weighted by molar-refractivity contribution is 0.0902. The number of benzene rings is 1. The molecule has 0 aromatic heterocycles. The molecule has 1 heteroatoms. The third kappa shape index (κ3) is 1.41. The van der Waals surface area contributed by atoms with Gasteiger partial charge < -0.3 is 0 Å². The van der Waals surface area contributed by atoms with Crippen molar-refractivity contribution in [3.8, 4) is 0 Å². The lowest BCUT2D eigenvalue weighted by atomic mass is 9.61. The predicted octanol–water partition coefficient (Wildman–Crippen LogP) is 3.33. The summed E-state index contributed by atoms with van der Waals surface area (Å²) in [5.74, 6) is 0. The Morgan fingerprint density at radius 3 is 2.56 bits per heavy atom. The Kier molecular flexibility index (Phi) is 2.32. The molecule has 0 amide bonds. The maximum Gasteiger partial charge on any atom is 0.0239 e. The normalized spacial score (nSPS) is 23.2. The molecule has 1 aromatic carbocycles. The lowest BCUT2D eigenvalue weighted by Gasteiger charge is -2.51. The minimum Gasteiger partial charge on any atom is -0.296 e. The van der Waals surface area contributed by atoms with Crippen LogP contribution >= 0.6 is 0 Å². The molecular formula is C15H21N. The molecule has 1 heterocycles. The van der Waals surface area contributed by atoms with Crippen LogP contribution in [0.3, 0.4) is 0 Å². The molecule has 0 atom stereocenters. The monoisotopic (exact) mass is 215 g/mol. The summed E-state index contributed by atoms with van der Waals surface area (Å²) in [6, 6.07) is 9.76. The van der Waals surface area contributed by atoms with Crippen LogP contribution in [0.2, 0.25) is 0 Å². The Bertz CT molecular complexity index is 390. The van der Waals surface area contributed by atoms with E-state index in [1.807, 2.05) is 0 Å². The van der Waals surface area contributed by atoms with Gasteiger partial charge in [-0.15, -0.1) is 0 Å². The summed E-state index contributed by atoms with van der Waals surface area (Å²) in [7, 11) is 0. The molecule has 3 rings (SSSR count). The van der Waals surface area contributed by atoms with Crippen LogP contribution in [0.4, 0.5) is 0 Å². The number of hydrogen-bond acceptors (Lipinski definition) is 1. The number of rotatable bonds is 1. The summed E-state index contributed by atoms with van der Waals surface area (Å²) in [6.45, 7) is 7.07. The number of nitrogens with zero attached hydrogens (tertiary/aromatic N) is 1. The highest BCUT2D eigenvalue weighted by Gasteiger charge is 2.44. The van der Waals surface area contributed by atoms with Crippen molar-refractivity contribution < 1.29 is 0 Å². The molecule has 1 aliphatic carbocycles. The molecule has 0 bridgehead atoms. The molecule has 2 aliphatic rings. The first kappa shape index (κ1) is 10.3. The highest BCUT2D eigenvalue weighted by atomic mass is 15.2. The lowest BCUT2D eigenvalue weighted by Crippen LogP contribution is -2.51. The first-order chi connectivity index (χ1) is 7.71. The summed E-state index contributed by atoms with van der Waals surface area (Å²) in [4.78, 5) is 2.64. The predicted molar refractivity (Wildman–Crippen MR) is 67.5 cm³/mol. The van der Waals surface area contributed by atoms with Crippen LogP contribution in [0.25, 0.3) is 0 Å². The van der Waals surface area contributed by atoms with Crippen molar-refractivity contribution in [3.05, 3.63) is 35.4 Å². The fourth-order valence-electron chi connectivity index (χ4n) is 3.32. The van der Waals surface area contributed by atoms with Crippen LogP contribution < -0.4 is 0 Å². The molecule has 0 N–H and O–H groups in total. The zero-order valence-electron chi connectivity index (χ0n) is 10.4. The Morgan fingerprint density at radius 1 is 1.19 bits per heavy atom. The van der Waals surface area contributed by atoms with Crippen molar-refractivity contribution in [2.24, 2.45) is 0 Å². The quantitative estimate of drug-likeness (QED) is 0.694. The van der Waals surface area contributed by atoms with Crippen molar-refractivity contribution in [1.29, 1.82) is 0 Å². The topological polar surface area (TPSA) is 3.24 Å². The first-order valence-electron chi connectivity index (χ1n) is 6.54. The summed E-state index contributed by atoms with van der Waals surface area (Å²) < 4.78 is 0. The zero-order chi connectivity index (χ0) is 11.2. The third-order valence-electron chi connectivity index (χ3n) is 4.51. The highest BCUT2D eigenvalue weighted by molar-refractivity contribution is 5.38. The minimum absolute atomic E-state index is 0.513. The maximum atomic E-state index is 2.64. The molecule has 0 saturated heterocycles. The Labute approximate surface area is 98.5 Å². The van der Waals surface area contributed by atoms with E-state index >= 15 is 0 Å². The molecule has 1 nitrogen and oxygen atoms in total. The fourth-order valence-corrected chi connectivity index (χ4v) is 3.32. The second-order valence-corrected chi connectivity index (χ2v) is 5.79. The van der Waals surface area contributed by atoms with E-state index in [9.17, 15) is 0 Å². The van der Waals surface area contributed by atoms with E-state index in [-0.39, 0.29) is 0 Å². The summed E-state index contributed by atoms with van der Waals surface area (Å²) in [6.07, 6.45) is 4.21. The molecule has 1 spiro atoms. The second-order valence-electron chi connectivity index (χ2n) is 5.79. The van der Waals surface area contributed by atoms with Gasteiger partial charge in [-0.25, -0.2) is 0 Å². The van der Waals surface area contributed by atoms with E-state index < -0.39 is 0 Å². The fraction of sp³-hybridized carbons (Fsp3) is 0.600. The highest BCUT2D eigenvalue weighted by Crippen LogP contribution is 2.48. The van der Waals surface area contributed by atoms with Crippen LogP contribution in [0.1, 0.15) is 44.2 Å². The van der Waals surface area contributed by atoms with Crippen LogP contribution in [-0.4, -0.2) is 17.5 Å². The number of fused-ring (bicyclic) bond motifs is 2. The molecule has 16 heavy (non-hydrogen) atoms. The van der Waals surface area contributed by atoms with Gasteiger partial charge in [0, 0.05) is 24.5 Å². The van der Waals surface area contributed by atoms with Gasteiger partial charge in [-0.3, -0.25) is 4.90 Å². The second kappa shape index (κ2) is 3.59. The van der Waals surface area contributed by atoms with Gasteiger partial charge >= 0.3 is 0 Å². The maximum absolute atomic E-state index is 2.64. The van der Waals surface area contributed by atoms with Gasteiger partial charge in [-0.05, 0) is 37.8 Å². The molecule has 86 valence electrons. The Morgan fingerprint density at radius 2 is 1.94 bits per heavy atom. The van der Waals surface area contributed by atoms with Crippen LogP contribution in [0.15, 0.2) is 24.3 Å². The Hall–Kier alpha value is -0.820. The van der Waals surface area contributed by atoms with Crippen molar-refractivity contribution in [1.82, 2.24) is 4.90 Å². The molecule has 0 unspecified atom stereocenters. The standard InChI is InChI=1S/C15H21N/c1-12(2)16-10-13-6-3-4-7-14(13)15(11-16)8-5-9-15/h3-4,6-7,12H,5,8-11H2,1-2H3. The minimum atomic E-state index is 0.513. The average molecular weight is 215 g/mol. The van der Waals surface area contributed by atoms with Gasteiger partial charge in [0.2, 0.25) is 0 Å². The Balaban J connectivity index is 2.01. The van der Waals surface area contributed by atoms with Gasteiger partial charge in [-0.2, -0.15) is 0 Å².